The van der Waals surface area contributed by atoms with Gasteiger partial charge >= 0.3 is 5.97 Å². The Morgan fingerprint density at radius 2 is 1.67 bits per heavy atom. The Hall–Kier alpha value is -3.10. The molecule has 0 fully saturated rings. The van der Waals surface area contributed by atoms with Gasteiger partial charge in [0.2, 0.25) is 0 Å². The van der Waals surface area contributed by atoms with Crippen LogP contribution in [0.5, 0.6) is 0 Å². The molecule has 0 saturated heterocycles. The molecule has 3 aromatic rings. The first-order valence-electron chi connectivity index (χ1n) is 8.31. The summed E-state index contributed by atoms with van der Waals surface area (Å²) in [6.07, 6.45) is 1.88. The normalized spacial score (nSPS) is 11.3. The molecule has 1 heterocycles. The molecule has 0 aliphatic carbocycles. The van der Waals surface area contributed by atoms with Gasteiger partial charge in [0.25, 0.3) is 0 Å². The first-order valence-corrected chi connectivity index (χ1v) is 9.10. The van der Waals surface area contributed by atoms with Gasteiger partial charge in [-0.1, -0.05) is 28.1 Å². The number of halogens is 1. The minimum absolute atomic E-state index is 0.253. The van der Waals surface area contributed by atoms with Crippen LogP contribution in [0.3, 0.4) is 0 Å². The third-order valence-corrected chi connectivity index (χ3v) is 4.95. The third-order valence-electron chi connectivity index (χ3n) is 4.42. The molecule has 0 atom stereocenters. The molecule has 134 valence electrons. The summed E-state index contributed by atoms with van der Waals surface area (Å²) in [5, 5.41) is 18.6. The highest BCUT2D eigenvalue weighted by molar-refractivity contribution is 9.10. The van der Waals surface area contributed by atoms with Crippen molar-refractivity contribution in [3.63, 3.8) is 0 Å². The topological polar surface area (TPSA) is 66.0 Å². The van der Waals surface area contributed by atoms with Crippen LogP contribution >= 0.6 is 15.9 Å². The highest BCUT2D eigenvalue weighted by atomic mass is 79.9. The number of carboxylic acid groups (broad SMARTS) is 1. The van der Waals surface area contributed by atoms with E-state index in [4.69, 9.17) is 5.11 Å². The van der Waals surface area contributed by atoms with E-state index in [1.165, 1.54) is 0 Å². The standard InChI is InChI=1S/C22H17BrN2O2/c1-14-11-18(12-19(13-24)16-3-7-20(23)8-4-16)15(2)25(14)21-9-5-17(6-10-21)22(26)27/h3-12H,1-2H3,(H,26,27). The Morgan fingerprint density at radius 3 is 2.22 bits per heavy atom. The highest BCUT2D eigenvalue weighted by Crippen LogP contribution is 2.26. The molecule has 27 heavy (non-hydrogen) atoms. The van der Waals surface area contributed by atoms with Crippen molar-refractivity contribution in [2.45, 2.75) is 13.8 Å². The lowest BCUT2D eigenvalue weighted by molar-refractivity contribution is 0.0697. The Labute approximate surface area is 166 Å². The lowest BCUT2D eigenvalue weighted by atomic mass is 10.0. The maximum atomic E-state index is 11.0. The Bertz CT molecular complexity index is 1070. The maximum absolute atomic E-state index is 11.0. The number of hydrogen-bond donors (Lipinski definition) is 1. The van der Waals surface area contributed by atoms with E-state index < -0.39 is 5.97 Å². The monoisotopic (exact) mass is 420 g/mol. The van der Waals surface area contributed by atoms with E-state index in [1.54, 1.807) is 24.3 Å². The smallest absolute Gasteiger partial charge is 0.335 e. The molecule has 3 rings (SSSR count). The zero-order chi connectivity index (χ0) is 19.6. The van der Waals surface area contributed by atoms with Crippen molar-refractivity contribution in [3.05, 3.63) is 87.1 Å². The maximum Gasteiger partial charge on any atom is 0.335 e. The molecule has 4 nitrogen and oxygen atoms in total. The SMILES string of the molecule is Cc1cc(C=C(C#N)c2ccc(Br)cc2)c(C)n1-c1ccc(C(=O)O)cc1. The van der Waals surface area contributed by atoms with E-state index in [2.05, 4.69) is 22.0 Å². The van der Waals surface area contributed by atoms with Crippen molar-refractivity contribution in [3.8, 4) is 11.8 Å². The van der Waals surface area contributed by atoms with Gasteiger partial charge < -0.3 is 9.67 Å². The summed E-state index contributed by atoms with van der Waals surface area (Å²) in [6.45, 7) is 3.97. The van der Waals surface area contributed by atoms with Crippen molar-refractivity contribution in [2.75, 3.05) is 0 Å². The van der Waals surface area contributed by atoms with Crippen molar-refractivity contribution in [1.29, 1.82) is 5.26 Å². The van der Waals surface area contributed by atoms with Crippen LogP contribution in [-0.2, 0) is 0 Å². The second kappa shape index (κ2) is 7.65. The number of rotatable bonds is 4. The van der Waals surface area contributed by atoms with Crippen LogP contribution in [0.1, 0.15) is 32.9 Å². The second-order valence-electron chi connectivity index (χ2n) is 6.19. The van der Waals surface area contributed by atoms with Crippen molar-refractivity contribution < 1.29 is 9.90 Å². The van der Waals surface area contributed by atoms with Crippen LogP contribution in [0.2, 0.25) is 0 Å². The molecule has 0 bridgehead atoms. The van der Waals surface area contributed by atoms with E-state index >= 15 is 0 Å². The molecule has 0 saturated carbocycles. The number of allylic oxidation sites excluding steroid dienone is 1. The molecular formula is C22H17BrN2O2. The van der Waals surface area contributed by atoms with Gasteiger partial charge in [-0.15, -0.1) is 0 Å². The lowest BCUT2D eigenvalue weighted by Crippen LogP contribution is -2.01. The van der Waals surface area contributed by atoms with Gasteiger partial charge in [-0.05, 0) is 73.5 Å². The van der Waals surface area contributed by atoms with Crippen molar-refractivity contribution >= 4 is 33.5 Å². The Morgan fingerprint density at radius 1 is 1.07 bits per heavy atom. The number of hydrogen-bond acceptors (Lipinski definition) is 2. The average Bonchev–Trinajstić information content (AvgIpc) is 2.94. The Kier molecular flexibility index (Phi) is 5.29. The summed E-state index contributed by atoms with van der Waals surface area (Å²) in [5.74, 6) is -0.945. The van der Waals surface area contributed by atoms with Crippen molar-refractivity contribution in [2.24, 2.45) is 0 Å². The predicted molar refractivity (Wildman–Crippen MR) is 110 cm³/mol. The summed E-state index contributed by atoms with van der Waals surface area (Å²) in [4.78, 5) is 11.0. The number of nitrogens with zero attached hydrogens (tertiary/aromatic N) is 2. The van der Waals surface area contributed by atoms with Gasteiger partial charge in [-0.25, -0.2) is 4.79 Å². The number of benzene rings is 2. The molecule has 0 spiro atoms. The third kappa shape index (κ3) is 3.86. The molecule has 5 heteroatoms. The Balaban J connectivity index is 2.03. The fraction of sp³-hybridized carbons (Fsp3) is 0.0909. The van der Waals surface area contributed by atoms with Gasteiger partial charge in [-0.3, -0.25) is 0 Å². The summed E-state index contributed by atoms with van der Waals surface area (Å²) in [6, 6.07) is 18.7. The van der Waals surface area contributed by atoms with Gasteiger partial charge in [0, 0.05) is 21.5 Å². The fourth-order valence-corrected chi connectivity index (χ4v) is 3.31. The first-order chi connectivity index (χ1) is 12.9. The molecular weight excluding hydrogens is 404 g/mol. The van der Waals surface area contributed by atoms with E-state index in [0.29, 0.717) is 5.57 Å². The lowest BCUT2D eigenvalue weighted by Gasteiger charge is -2.10. The molecule has 0 aliphatic heterocycles. The zero-order valence-corrected chi connectivity index (χ0v) is 16.5. The van der Waals surface area contributed by atoms with Crippen LogP contribution in [0.4, 0.5) is 0 Å². The van der Waals surface area contributed by atoms with Gasteiger partial charge in [0.15, 0.2) is 0 Å². The van der Waals surface area contributed by atoms with E-state index in [0.717, 1.165) is 32.7 Å². The number of nitriles is 1. The summed E-state index contributed by atoms with van der Waals surface area (Å²) in [7, 11) is 0. The van der Waals surface area contributed by atoms with Crippen LogP contribution < -0.4 is 0 Å². The molecule has 0 amide bonds. The average molecular weight is 421 g/mol. The number of aryl methyl sites for hydroxylation is 1. The van der Waals surface area contributed by atoms with Crippen LogP contribution in [0.25, 0.3) is 17.3 Å². The first kappa shape index (κ1) is 18.7. The molecule has 1 aromatic heterocycles. The quantitative estimate of drug-likeness (QED) is 0.556. The molecule has 0 unspecified atom stereocenters. The minimum Gasteiger partial charge on any atom is -0.478 e. The number of carbonyl (C=O) groups is 1. The number of aromatic carboxylic acids is 1. The molecule has 0 aliphatic rings. The van der Waals surface area contributed by atoms with Crippen molar-refractivity contribution in [1.82, 2.24) is 4.57 Å². The zero-order valence-electron chi connectivity index (χ0n) is 14.9. The van der Waals surface area contributed by atoms with E-state index in [1.807, 2.05) is 54.8 Å². The fourth-order valence-electron chi connectivity index (χ4n) is 3.05. The predicted octanol–water partition coefficient (Wildman–Crippen LogP) is 5.62. The summed E-state index contributed by atoms with van der Waals surface area (Å²) in [5.41, 5.74) is 5.53. The molecule has 2 aromatic carbocycles. The summed E-state index contributed by atoms with van der Waals surface area (Å²) < 4.78 is 3.01. The number of aromatic nitrogens is 1. The van der Waals surface area contributed by atoms with Crippen LogP contribution in [0, 0.1) is 25.2 Å². The van der Waals surface area contributed by atoms with Gasteiger partial charge in [-0.2, -0.15) is 5.26 Å². The second-order valence-corrected chi connectivity index (χ2v) is 7.11. The van der Waals surface area contributed by atoms with E-state index in [9.17, 15) is 10.1 Å². The molecule has 0 radical (unpaired) electrons. The van der Waals surface area contributed by atoms with E-state index in [-0.39, 0.29) is 5.56 Å². The largest absolute Gasteiger partial charge is 0.478 e. The minimum atomic E-state index is -0.945. The van der Waals surface area contributed by atoms with Gasteiger partial charge in [0.05, 0.1) is 17.2 Å². The number of carboxylic acids is 1. The van der Waals surface area contributed by atoms with Crippen LogP contribution in [-0.4, -0.2) is 15.6 Å². The molecule has 1 N–H and O–H groups in total. The summed E-state index contributed by atoms with van der Waals surface area (Å²) >= 11 is 3.41. The highest BCUT2D eigenvalue weighted by Gasteiger charge is 2.12. The van der Waals surface area contributed by atoms with Crippen LogP contribution in [0.15, 0.2) is 59.1 Å². The van der Waals surface area contributed by atoms with Gasteiger partial charge in [0.1, 0.15) is 0 Å².